The first kappa shape index (κ1) is 10.2. The summed E-state index contributed by atoms with van der Waals surface area (Å²) >= 11 is 0. The molecule has 3 heteroatoms. The van der Waals surface area contributed by atoms with E-state index in [0.717, 1.165) is 6.54 Å². The number of hydrogen-bond donors (Lipinski definition) is 1. The monoisotopic (exact) mass is 155 g/mol. The molecule has 0 amide bonds. The van der Waals surface area contributed by atoms with Crippen LogP contribution in [0, 0.1) is 0 Å². The Hall–Kier alpha value is -0.830. The van der Waals surface area contributed by atoms with Gasteiger partial charge in [-0.3, -0.25) is 0 Å². The molecule has 0 spiro atoms. The Labute approximate surface area is 68.5 Å². The predicted octanol–water partition coefficient (Wildman–Crippen LogP) is 1.13. The lowest BCUT2D eigenvalue weighted by atomic mass is 10.5. The minimum atomic E-state index is 1.08. The van der Waals surface area contributed by atoms with Gasteiger partial charge in [0, 0.05) is 18.9 Å². The number of imidazole rings is 1. The van der Waals surface area contributed by atoms with Crippen LogP contribution in [0.25, 0.3) is 0 Å². The number of aromatic nitrogens is 2. The second-order valence-electron chi connectivity index (χ2n) is 2.30. The van der Waals surface area contributed by atoms with Gasteiger partial charge in [-0.1, -0.05) is 6.92 Å². The van der Waals surface area contributed by atoms with Crippen LogP contribution >= 0.6 is 0 Å². The van der Waals surface area contributed by atoms with E-state index >= 15 is 0 Å². The normalized spacial score (nSPS) is 8.64. The number of nitrogens with zero attached hydrogens (tertiary/aromatic N) is 2. The Morgan fingerprint density at radius 1 is 1.45 bits per heavy atom. The molecule has 0 aliphatic rings. The molecule has 0 fully saturated rings. The molecule has 11 heavy (non-hydrogen) atoms. The van der Waals surface area contributed by atoms with E-state index in [4.69, 9.17) is 0 Å². The van der Waals surface area contributed by atoms with E-state index in [1.54, 1.807) is 6.20 Å². The first-order valence-corrected chi connectivity index (χ1v) is 3.89. The molecule has 0 saturated heterocycles. The number of aryl methyl sites for hydroxylation is 1. The van der Waals surface area contributed by atoms with E-state index in [1.807, 2.05) is 26.6 Å². The maximum Gasteiger partial charge on any atom is 0.0945 e. The highest BCUT2D eigenvalue weighted by Gasteiger charge is 1.81. The molecule has 1 aromatic rings. The van der Waals surface area contributed by atoms with Crippen molar-refractivity contribution in [3.8, 4) is 0 Å². The van der Waals surface area contributed by atoms with Crippen LogP contribution in [-0.2, 0) is 6.54 Å². The first-order valence-electron chi connectivity index (χ1n) is 3.89. The predicted molar refractivity (Wildman–Crippen MR) is 47.5 cm³/mol. The van der Waals surface area contributed by atoms with Crippen molar-refractivity contribution < 1.29 is 0 Å². The molecule has 0 aliphatic heterocycles. The Morgan fingerprint density at radius 3 is 2.45 bits per heavy atom. The zero-order valence-electron chi connectivity index (χ0n) is 7.54. The summed E-state index contributed by atoms with van der Waals surface area (Å²) in [6, 6.07) is 0. The van der Waals surface area contributed by atoms with Gasteiger partial charge in [-0.15, -0.1) is 0 Å². The Morgan fingerprint density at radius 2 is 2.09 bits per heavy atom. The average Bonchev–Trinajstić information content (AvgIpc) is 2.42. The van der Waals surface area contributed by atoms with Crippen LogP contribution in [0.5, 0.6) is 0 Å². The van der Waals surface area contributed by atoms with Crippen LogP contribution in [0.2, 0.25) is 0 Å². The average molecular weight is 155 g/mol. The third-order valence-corrected chi connectivity index (χ3v) is 1.04. The van der Waals surface area contributed by atoms with Crippen molar-refractivity contribution in [3.05, 3.63) is 18.7 Å². The lowest BCUT2D eigenvalue weighted by Crippen LogP contribution is -1.90. The first-order chi connectivity index (χ1) is 5.35. The van der Waals surface area contributed by atoms with Crippen LogP contribution in [0.3, 0.4) is 0 Å². The van der Waals surface area contributed by atoms with Crippen molar-refractivity contribution in [2.24, 2.45) is 0 Å². The van der Waals surface area contributed by atoms with Gasteiger partial charge in [0.2, 0.25) is 0 Å². The van der Waals surface area contributed by atoms with E-state index in [2.05, 4.69) is 21.8 Å². The molecule has 0 bridgehead atoms. The van der Waals surface area contributed by atoms with Gasteiger partial charge in [0.1, 0.15) is 0 Å². The zero-order valence-corrected chi connectivity index (χ0v) is 7.54. The van der Waals surface area contributed by atoms with Gasteiger partial charge in [-0.25, -0.2) is 4.98 Å². The molecule has 1 rings (SSSR count). The highest BCUT2D eigenvalue weighted by atomic mass is 15.0. The maximum absolute atomic E-state index is 3.90. The van der Waals surface area contributed by atoms with Crippen molar-refractivity contribution in [3.63, 3.8) is 0 Å². The fraction of sp³-hybridized carbons (Fsp3) is 0.625. The van der Waals surface area contributed by atoms with E-state index in [9.17, 15) is 0 Å². The van der Waals surface area contributed by atoms with Crippen molar-refractivity contribution >= 4 is 0 Å². The summed E-state index contributed by atoms with van der Waals surface area (Å²) < 4.78 is 2.07. The minimum Gasteiger partial charge on any atom is -0.338 e. The summed E-state index contributed by atoms with van der Waals surface area (Å²) in [5, 5.41) is 2.75. The van der Waals surface area contributed by atoms with Crippen molar-refractivity contribution in [2.75, 3.05) is 14.1 Å². The smallest absolute Gasteiger partial charge is 0.0945 e. The van der Waals surface area contributed by atoms with Gasteiger partial charge in [-0.05, 0) is 20.5 Å². The van der Waals surface area contributed by atoms with E-state index in [1.165, 1.54) is 6.42 Å². The van der Waals surface area contributed by atoms with E-state index < -0.39 is 0 Å². The summed E-state index contributed by atoms with van der Waals surface area (Å²) in [5.74, 6) is 0. The van der Waals surface area contributed by atoms with Crippen molar-refractivity contribution in [2.45, 2.75) is 19.9 Å². The Bertz CT molecular complexity index is 146. The molecular formula is C8H17N3. The maximum atomic E-state index is 3.90. The molecule has 64 valence electrons. The molecule has 1 aromatic heterocycles. The largest absolute Gasteiger partial charge is 0.338 e. The van der Waals surface area contributed by atoms with Gasteiger partial charge in [0.15, 0.2) is 0 Å². The molecule has 3 nitrogen and oxygen atoms in total. The van der Waals surface area contributed by atoms with Gasteiger partial charge < -0.3 is 9.88 Å². The minimum absolute atomic E-state index is 1.08. The number of rotatable bonds is 2. The Balaban J connectivity index is 0.000000292. The third-order valence-electron chi connectivity index (χ3n) is 1.04. The van der Waals surface area contributed by atoms with Crippen LogP contribution in [0.4, 0.5) is 0 Å². The van der Waals surface area contributed by atoms with Crippen molar-refractivity contribution in [1.82, 2.24) is 14.9 Å². The summed E-state index contributed by atoms with van der Waals surface area (Å²) in [6.45, 7) is 3.24. The van der Waals surface area contributed by atoms with Crippen LogP contribution < -0.4 is 5.32 Å². The van der Waals surface area contributed by atoms with Gasteiger partial charge >= 0.3 is 0 Å². The molecule has 1 N–H and O–H groups in total. The molecule has 0 unspecified atom stereocenters. The molecule has 1 heterocycles. The lowest BCUT2D eigenvalue weighted by Gasteiger charge is -1.93. The van der Waals surface area contributed by atoms with Crippen molar-refractivity contribution in [1.29, 1.82) is 0 Å². The van der Waals surface area contributed by atoms with Crippen LogP contribution in [0.15, 0.2) is 18.7 Å². The number of nitrogens with one attached hydrogen (secondary N) is 1. The molecule has 0 saturated carbocycles. The Kier molecular flexibility index (Phi) is 6.73. The fourth-order valence-electron chi connectivity index (χ4n) is 0.677. The van der Waals surface area contributed by atoms with Gasteiger partial charge in [-0.2, -0.15) is 0 Å². The number of hydrogen-bond acceptors (Lipinski definition) is 2. The van der Waals surface area contributed by atoms with Gasteiger partial charge in [0.25, 0.3) is 0 Å². The van der Waals surface area contributed by atoms with Crippen LogP contribution in [-0.4, -0.2) is 23.6 Å². The molecule has 0 atom stereocenters. The van der Waals surface area contributed by atoms with E-state index in [0.29, 0.717) is 0 Å². The summed E-state index contributed by atoms with van der Waals surface area (Å²) in [4.78, 5) is 3.90. The second-order valence-corrected chi connectivity index (χ2v) is 2.30. The highest BCUT2D eigenvalue weighted by Crippen LogP contribution is 1.87. The summed E-state index contributed by atoms with van der Waals surface area (Å²) in [5.41, 5.74) is 0. The third kappa shape index (κ3) is 5.61. The quantitative estimate of drug-likeness (QED) is 0.693. The van der Waals surface area contributed by atoms with Gasteiger partial charge in [0.05, 0.1) is 6.33 Å². The lowest BCUT2D eigenvalue weighted by molar-refractivity contribution is 0.678. The molecule has 0 aromatic carbocycles. The molecular weight excluding hydrogens is 138 g/mol. The topological polar surface area (TPSA) is 29.9 Å². The van der Waals surface area contributed by atoms with Crippen LogP contribution in [0.1, 0.15) is 13.3 Å². The fourth-order valence-corrected chi connectivity index (χ4v) is 0.677. The molecule has 0 radical (unpaired) electrons. The zero-order chi connectivity index (χ0) is 8.53. The summed E-state index contributed by atoms with van der Waals surface area (Å²) in [7, 11) is 3.75. The SMILES string of the molecule is CCCn1ccnc1.CNC. The highest BCUT2D eigenvalue weighted by molar-refractivity contribution is 4.73. The molecule has 0 aliphatic carbocycles. The standard InChI is InChI=1S/C6H10N2.C2H7N/c1-2-4-8-5-3-7-6-8;1-3-2/h3,5-6H,2,4H2,1H3;3H,1-2H3. The second kappa shape index (κ2) is 7.28. The summed E-state index contributed by atoms with van der Waals surface area (Å²) in [6.07, 6.45) is 6.79. The van der Waals surface area contributed by atoms with E-state index in [-0.39, 0.29) is 0 Å².